The quantitative estimate of drug-likeness (QED) is 0.296. The maximum Gasteiger partial charge on any atom is 0.276 e. The Kier molecular flexibility index (Phi) is 3.16. The van der Waals surface area contributed by atoms with Crippen molar-refractivity contribution in [3.8, 4) is 0 Å². The summed E-state index contributed by atoms with van der Waals surface area (Å²) in [7, 11) is 0. The van der Waals surface area contributed by atoms with Gasteiger partial charge in [0.05, 0.1) is 24.8 Å². The summed E-state index contributed by atoms with van der Waals surface area (Å²) in [5, 5.41) is 8.06. The summed E-state index contributed by atoms with van der Waals surface area (Å²) >= 11 is 0. The molecule has 4 unspecified atom stereocenters. The molecule has 2 amide bonds. The molecule has 5 aliphatic rings. The number of fused-ring (bicyclic) bond motifs is 6. The lowest BCUT2D eigenvalue weighted by atomic mass is 9.96. The average molecular weight is 370 g/mol. The third kappa shape index (κ3) is 2.19. The van der Waals surface area contributed by atoms with E-state index in [4.69, 9.17) is 11.5 Å². The molecule has 12 nitrogen and oxygen atoms in total. The van der Waals surface area contributed by atoms with Gasteiger partial charge in [-0.15, -0.1) is 0 Å². The standard InChI is InChI=1S/C15H18N10O2/c1-4-7-5(2-18-10-8(20-7)12(26)23-14(16)21-10)6-3-19-11-9(25(4)6)13(27)24-15(17)22-11/h5-6,9,14H,2-3,16H2,1H3,(H,18,21)(H,23,26)(H3,17,19,22,24,27). The lowest BCUT2D eigenvalue weighted by Gasteiger charge is -2.40. The Labute approximate surface area is 153 Å². The highest BCUT2D eigenvalue weighted by Crippen LogP contribution is 2.40. The number of rotatable bonds is 0. The molecule has 1 saturated heterocycles. The van der Waals surface area contributed by atoms with Gasteiger partial charge in [0.15, 0.2) is 29.7 Å². The van der Waals surface area contributed by atoms with Crippen LogP contribution in [0.2, 0.25) is 0 Å². The van der Waals surface area contributed by atoms with Gasteiger partial charge in [-0.05, 0) is 6.92 Å². The first kappa shape index (κ1) is 15.9. The Morgan fingerprint density at radius 1 is 1.15 bits per heavy atom. The van der Waals surface area contributed by atoms with Crippen molar-refractivity contribution in [2.75, 3.05) is 13.1 Å². The molecule has 140 valence electrons. The molecule has 27 heavy (non-hydrogen) atoms. The van der Waals surface area contributed by atoms with Crippen LogP contribution in [0.5, 0.6) is 0 Å². The Balaban J connectivity index is 1.59. The fraction of sp³-hybridized carbons (Fsp3) is 0.467. The van der Waals surface area contributed by atoms with Crippen molar-refractivity contribution in [1.29, 1.82) is 0 Å². The Morgan fingerprint density at radius 3 is 2.78 bits per heavy atom. The van der Waals surface area contributed by atoms with Gasteiger partial charge < -0.3 is 21.3 Å². The SMILES string of the molecule is CC1=C2N=C3C(=O)NC(N)NC3=NCC2C2CN=C3N=C(N)NC(=O)C3N12. The molecule has 0 aliphatic carbocycles. The molecule has 0 saturated carbocycles. The van der Waals surface area contributed by atoms with Crippen LogP contribution in [0.1, 0.15) is 6.92 Å². The molecule has 0 aromatic heterocycles. The number of nitrogens with two attached hydrogens (primary N) is 2. The van der Waals surface area contributed by atoms with Crippen LogP contribution >= 0.6 is 0 Å². The van der Waals surface area contributed by atoms with Crippen LogP contribution in [0.4, 0.5) is 0 Å². The summed E-state index contributed by atoms with van der Waals surface area (Å²) in [6, 6.07) is -0.759. The molecule has 0 aromatic carbocycles. The van der Waals surface area contributed by atoms with E-state index in [9.17, 15) is 9.59 Å². The summed E-state index contributed by atoms with van der Waals surface area (Å²) in [5.74, 6) is 0.0765. The number of nitrogens with one attached hydrogen (secondary N) is 3. The summed E-state index contributed by atoms with van der Waals surface area (Å²) in [4.78, 5) is 44.6. The number of hydrogen-bond acceptors (Lipinski definition) is 10. The number of hydrogen-bond donors (Lipinski definition) is 5. The van der Waals surface area contributed by atoms with E-state index in [1.165, 1.54) is 0 Å². The molecule has 12 heteroatoms. The maximum atomic E-state index is 12.5. The third-order valence-corrected chi connectivity index (χ3v) is 5.33. The van der Waals surface area contributed by atoms with Crippen molar-refractivity contribution in [3.05, 3.63) is 11.4 Å². The highest BCUT2D eigenvalue weighted by atomic mass is 16.2. The minimum Gasteiger partial charge on any atom is -0.369 e. The van der Waals surface area contributed by atoms with Gasteiger partial charge in [0.2, 0.25) is 5.96 Å². The number of allylic oxidation sites excluding steroid dienone is 1. The molecule has 0 aromatic rings. The molecule has 5 heterocycles. The van der Waals surface area contributed by atoms with E-state index >= 15 is 0 Å². The molecule has 0 spiro atoms. The number of amidine groups is 2. The number of guanidine groups is 1. The van der Waals surface area contributed by atoms with E-state index in [2.05, 4.69) is 35.9 Å². The second-order valence-electron chi connectivity index (χ2n) is 6.88. The molecule has 7 N–H and O–H groups in total. The van der Waals surface area contributed by atoms with Crippen LogP contribution in [-0.4, -0.2) is 71.5 Å². The third-order valence-electron chi connectivity index (χ3n) is 5.33. The van der Waals surface area contributed by atoms with Gasteiger partial charge in [-0.25, -0.2) is 4.99 Å². The number of amides is 2. The summed E-state index contributed by atoms with van der Waals surface area (Å²) in [5.41, 5.74) is 13.1. The van der Waals surface area contributed by atoms with E-state index in [1.54, 1.807) is 0 Å². The molecular formula is C15H18N10O2. The maximum absolute atomic E-state index is 12.5. The summed E-state index contributed by atoms with van der Waals surface area (Å²) < 4.78 is 0. The highest BCUT2D eigenvalue weighted by molar-refractivity contribution is 6.67. The van der Waals surface area contributed by atoms with Gasteiger partial charge in [0.25, 0.3) is 11.8 Å². The van der Waals surface area contributed by atoms with Crippen molar-refractivity contribution in [2.24, 2.45) is 37.4 Å². The zero-order valence-corrected chi connectivity index (χ0v) is 14.4. The molecule has 1 fully saturated rings. The first-order chi connectivity index (χ1) is 12.9. The van der Waals surface area contributed by atoms with Crippen molar-refractivity contribution >= 4 is 35.2 Å². The largest absolute Gasteiger partial charge is 0.369 e. The highest BCUT2D eigenvalue weighted by Gasteiger charge is 2.50. The van der Waals surface area contributed by atoms with Crippen LogP contribution < -0.4 is 27.4 Å². The average Bonchev–Trinajstić information content (AvgIpc) is 2.75. The van der Waals surface area contributed by atoms with Crippen LogP contribution in [0.3, 0.4) is 0 Å². The minimum atomic E-state index is -0.698. The van der Waals surface area contributed by atoms with E-state index < -0.39 is 12.3 Å². The van der Waals surface area contributed by atoms with Gasteiger partial charge >= 0.3 is 0 Å². The van der Waals surface area contributed by atoms with Crippen LogP contribution in [0.15, 0.2) is 31.4 Å². The van der Waals surface area contributed by atoms with Crippen molar-refractivity contribution in [1.82, 2.24) is 20.9 Å². The van der Waals surface area contributed by atoms with Crippen LogP contribution in [-0.2, 0) is 9.59 Å². The van der Waals surface area contributed by atoms with E-state index in [1.807, 2.05) is 11.8 Å². The van der Waals surface area contributed by atoms with E-state index in [0.717, 1.165) is 11.4 Å². The van der Waals surface area contributed by atoms with E-state index in [0.29, 0.717) is 24.8 Å². The molecule has 0 radical (unpaired) electrons. The van der Waals surface area contributed by atoms with Gasteiger partial charge in [-0.1, -0.05) is 0 Å². The van der Waals surface area contributed by atoms with Crippen molar-refractivity contribution in [3.63, 3.8) is 0 Å². The Bertz CT molecular complexity index is 929. The molecule has 5 aliphatic heterocycles. The van der Waals surface area contributed by atoms with Gasteiger partial charge in [0.1, 0.15) is 0 Å². The normalized spacial score (nSPS) is 34.4. The number of aliphatic imine (C=N–C) groups is 4. The molecule has 0 bridgehead atoms. The fourth-order valence-corrected chi connectivity index (χ4v) is 4.18. The monoisotopic (exact) mass is 370 g/mol. The zero-order chi connectivity index (χ0) is 18.9. The fourth-order valence-electron chi connectivity index (χ4n) is 4.18. The summed E-state index contributed by atoms with van der Waals surface area (Å²) in [6.07, 6.45) is -0.698. The van der Waals surface area contributed by atoms with E-state index in [-0.39, 0.29) is 35.4 Å². The molecular weight excluding hydrogens is 352 g/mol. The minimum absolute atomic E-state index is 0.0444. The second kappa shape index (κ2) is 5.36. The van der Waals surface area contributed by atoms with Gasteiger partial charge in [-0.3, -0.25) is 30.6 Å². The lowest BCUT2D eigenvalue weighted by molar-refractivity contribution is -0.123. The first-order valence-corrected chi connectivity index (χ1v) is 8.59. The van der Waals surface area contributed by atoms with Crippen molar-refractivity contribution < 1.29 is 9.59 Å². The first-order valence-electron chi connectivity index (χ1n) is 8.59. The van der Waals surface area contributed by atoms with Crippen LogP contribution in [0, 0.1) is 5.92 Å². The summed E-state index contributed by atoms with van der Waals surface area (Å²) in [6.45, 7) is 2.74. The molecule has 4 atom stereocenters. The topological polar surface area (TPSA) is 175 Å². The van der Waals surface area contributed by atoms with Crippen molar-refractivity contribution in [2.45, 2.75) is 25.3 Å². The lowest BCUT2D eigenvalue weighted by Crippen LogP contribution is -2.63. The predicted octanol–water partition coefficient (Wildman–Crippen LogP) is -3.44. The van der Waals surface area contributed by atoms with Gasteiger partial charge in [0, 0.05) is 11.6 Å². The zero-order valence-electron chi connectivity index (χ0n) is 14.4. The number of carbonyl (C=O) groups excluding carboxylic acids is 2. The Morgan fingerprint density at radius 2 is 1.96 bits per heavy atom. The number of nitrogens with zero attached hydrogens (tertiary/aromatic N) is 5. The predicted molar refractivity (Wildman–Crippen MR) is 96.7 cm³/mol. The van der Waals surface area contributed by atoms with Crippen LogP contribution in [0.25, 0.3) is 0 Å². The number of carbonyl (C=O) groups is 2. The Hall–Kier alpha value is -3.28. The smallest absolute Gasteiger partial charge is 0.276 e. The molecule has 5 rings (SSSR count). The van der Waals surface area contributed by atoms with Gasteiger partial charge in [-0.2, -0.15) is 4.99 Å². The second-order valence-corrected chi connectivity index (χ2v) is 6.88.